The first-order chi connectivity index (χ1) is 12.0. The van der Waals surface area contributed by atoms with Crippen LogP contribution in [0, 0.1) is 13.8 Å². The van der Waals surface area contributed by atoms with Crippen LogP contribution in [-0.4, -0.2) is 31.4 Å². The summed E-state index contributed by atoms with van der Waals surface area (Å²) in [6, 6.07) is 11.3. The van der Waals surface area contributed by atoms with Gasteiger partial charge in [0, 0.05) is 21.9 Å². The van der Waals surface area contributed by atoms with Crippen LogP contribution in [0.2, 0.25) is 0 Å². The number of hydrogen-bond donors (Lipinski definition) is 1. The molecule has 25 heavy (non-hydrogen) atoms. The Hall–Kier alpha value is -2.19. The summed E-state index contributed by atoms with van der Waals surface area (Å²) in [5.41, 5.74) is 2.69. The summed E-state index contributed by atoms with van der Waals surface area (Å²) < 4.78 is 2.74. The summed E-state index contributed by atoms with van der Waals surface area (Å²) in [6.07, 6.45) is 1.49. The zero-order valence-electron chi connectivity index (χ0n) is 13.7. The Labute approximate surface area is 158 Å². The highest BCUT2D eigenvalue weighted by Gasteiger charge is 2.09. The third-order valence-electron chi connectivity index (χ3n) is 3.33. The molecule has 0 spiro atoms. The van der Waals surface area contributed by atoms with E-state index < -0.39 is 0 Å². The molecule has 0 unspecified atom stereocenters. The quantitative estimate of drug-likeness (QED) is 0.505. The SMILES string of the molecule is Cc1cc(C)n(-c2cc(SCC(=O)Nc3ccc(Br)cc3)ncn2)n1. The van der Waals surface area contributed by atoms with Gasteiger partial charge < -0.3 is 5.32 Å². The number of amides is 1. The number of aromatic nitrogens is 4. The highest BCUT2D eigenvalue weighted by molar-refractivity contribution is 9.10. The Kier molecular flexibility index (Phi) is 5.50. The number of hydrogen-bond acceptors (Lipinski definition) is 5. The van der Waals surface area contributed by atoms with Crippen molar-refractivity contribution in [2.24, 2.45) is 0 Å². The molecule has 128 valence electrons. The molecule has 1 amide bonds. The Balaban J connectivity index is 1.63. The smallest absolute Gasteiger partial charge is 0.234 e. The van der Waals surface area contributed by atoms with Crippen molar-refractivity contribution >= 4 is 39.3 Å². The van der Waals surface area contributed by atoms with Crippen molar-refractivity contribution in [1.82, 2.24) is 19.7 Å². The highest BCUT2D eigenvalue weighted by atomic mass is 79.9. The van der Waals surface area contributed by atoms with E-state index in [1.165, 1.54) is 18.1 Å². The van der Waals surface area contributed by atoms with Crippen molar-refractivity contribution in [3.63, 3.8) is 0 Å². The van der Waals surface area contributed by atoms with Crippen LogP contribution in [0.3, 0.4) is 0 Å². The maximum Gasteiger partial charge on any atom is 0.234 e. The number of benzene rings is 1. The van der Waals surface area contributed by atoms with E-state index in [9.17, 15) is 4.79 Å². The van der Waals surface area contributed by atoms with Crippen LogP contribution in [0.15, 0.2) is 52.2 Å². The molecule has 0 atom stereocenters. The van der Waals surface area contributed by atoms with E-state index >= 15 is 0 Å². The van der Waals surface area contributed by atoms with E-state index in [1.807, 2.05) is 50.2 Å². The van der Waals surface area contributed by atoms with Gasteiger partial charge in [0.1, 0.15) is 11.4 Å². The fourth-order valence-corrected chi connectivity index (χ4v) is 3.18. The topological polar surface area (TPSA) is 72.7 Å². The van der Waals surface area contributed by atoms with Crippen molar-refractivity contribution in [3.8, 4) is 5.82 Å². The van der Waals surface area contributed by atoms with E-state index in [0.29, 0.717) is 5.82 Å². The van der Waals surface area contributed by atoms with Crippen LogP contribution in [0.1, 0.15) is 11.4 Å². The van der Waals surface area contributed by atoms with Gasteiger partial charge in [0.05, 0.1) is 11.4 Å². The van der Waals surface area contributed by atoms with Gasteiger partial charge in [0.15, 0.2) is 5.82 Å². The molecule has 0 radical (unpaired) electrons. The van der Waals surface area contributed by atoms with Crippen LogP contribution in [-0.2, 0) is 4.79 Å². The molecule has 0 saturated heterocycles. The lowest BCUT2D eigenvalue weighted by atomic mass is 10.3. The third kappa shape index (κ3) is 4.67. The zero-order chi connectivity index (χ0) is 17.8. The molecule has 0 aliphatic heterocycles. The second-order valence-electron chi connectivity index (χ2n) is 5.40. The first kappa shape index (κ1) is 17.6. The van der Waals surface area contributed by atoms with Crippen molar-refractivity contribution in [3.05, 3.63) is 58.6 Å². The number of thioether (sulfide) groups is 1. The maximum absolute atomic E-state index is 12.1. The molecule has 0 aliphatic carbocycles. The third-order valence-corrected chi connectivity index (χ3v) is 4.79. The average molecular weight is 418 g/mol. The minimum Gasteiger partial charge on any atom is -0.325 e. The molecule has 6 nitrogen and oxygen atoms in total. The Bertz CT molecular complexity index is 894. The minimum atomic E-state index is -0.0846. The molecular formula is C17H16BrN5OS. The fraction of sp³-hybridized carbons (Fsp3) is 0.176. The van der Waals surface area contributed by atoms with E-state index in [2.05, 4.69) is 36.3 Å². The van der Waals surface area contributed by atoms with Gasteiger partial charge in [-0.1, -0.05) is 27.7 Å². The van der Waals surface area contributed by atoms with Gasteiger partial charge in [-0.25, -0.2) is 14.6 Å². The molecule has 3 rings (SSSR count). The standard InChI is InChI=1S/C17H16BrN5OS/c1-11-7-12(2)23(22-11)15-8-17(20-10-19-15)25-9-16(24)21-14-5-3-13(18)4-6-14/h3-8,10H,9H2,1-2H3,(H,21,24). The second-order valence-corrected chi connectivity index (χ2v) is 7.31. The first-order valence-corrected chi connectivity index (χ1v) is 9.33. The first-order valence-electron chi connectivity index (χ1n) is 7.55. The monoisotopic (exact) mass is 417 g/mol. The largest absolute Gasteiger partial charge is 0.325 e. The molecule has 0 fully saturated rings. The summed E-state index contributed by atoms with van der Waals surface area (Å²) in [7, 11) is 0. The lowest BCUT2D eigenvalue weighted by molar-refractivity contribution is -0.113. The molecular weight excluding hydrogens is 402 g/mol. The molecule has 3 aromatic rings. The molecule has 8 heteroatoms. The van der Waals surface area contributed by atoms with Crippen LogP contribution < -0.4 is 5.32 Å². The molecule has 2 aromatic heterocycles. The lowest BCUT2D eigenvalue weighted by Gasteiger charge is -2.06. The molecule has 2 heterocycles. The van der Waals surface area contributed by atoms with Crippen LogP contribution >= 0.6 is 27.7 Å². The van der Waals surface area contributed by atoms with Gasteiger partial charge in [0.25, 0.3) is 0 Å². The maximum atomic E-state index is 12.1. The van der Waals surface area contributed by atoms with Crippen molar-refractivity contribution in [2.75, 3.05) is 11.1 Å². The minimum absolute atomic E-state index is 0.0846. The average Bonchev–Trinajstić information content (AvgIpc) is 2.94. The predicted molar refractivity (Wildman–Crippen MR) is 102 cm³/mol. The van der Waals surface area contributed by atoms with Gasteiger partial charge in [-0.3, -0.25) is 4.79 Å². The number of carbonyl (C=O) groups excluding carboxylic acids is 1. The second kappa shape index (κ2) is 7.79. The summed E-state index contributed by atoms with van der Waals surface area (Å²) >= 11 is 4.73. The summed E-state index contributed by atoms with van der Waals surface area (Å²) in [5, 5.41) is 8.00. The normalized spacial score (nSPS) is 10.7. The van der Waals surface area contributed by atoms with Crippen molar-refractivity contribution in [1.29, 1.82) is 0 Å². The van der Waals surface area contributed by atoms with Crippen LogP contribution in [0.5, 0.6) is 0 Å². The number of rotatable bonds is 5. The Morgan fingerprint density at radius 3 is 2.64 bits per heavy atom. The van der Waals surface area contributed by atoms with Crippen LogP contribution in [0.25, 0.3) is 5.82 Å². The highest BCUT2D eigenvalue weighted by Crippen LogP contribution is 2.19. The zero-order valence-corrected chi connectivity index (χ0v) is 16.1. The Morgan fingerprint density at radius 1 is 1.20 bits per heavy atom. The van der Waals surface area contributed by atoms with Crippen molar-refractivity contribution in [2.45, 2.75) is 18.9 Å². The summed E-state index contributed by atoms with van der Waals surface area (Å²) in [6.45, 7) is 3.91. The molecule has 0 aliphatic rings. The van der Waals surface area contributed by atoms with E-state index in [-0.39, 0.29) is 11.7 Å². The number of nitrogens with one attached hydrogen (secondary N) is 1. The van der Waals surface area contributed by atoms with Gasteiger partial charge in [-0.2, -0.15) is 5.10 Å². The van der Waals surface area contributed by atoms with Gasteiger partial charge in [0.2, 0.25) is 5.91 Å². The molecule has 0 bridgehead atoms. The number of halogens is 1. The molecule has 1 aromatic carbocycles. The van der Waals surface area contributed by atoms with E-state index in [0.717, 1.165) is 26.6 Å². The van der Waals surface area contributed by atoms with E-state index in [1.54, 1.807) is 4.68 Å². The van der Waals surface area contributed by atoms with E-state index in [4.69, 9.17) is 0 Å². The van der Waals surface area contributed by atoms with Gasteiger partial charge >= 0.3 is 0 Å². The lowest BCUT2D eigenvalue weighted by Crippen LogP contribution is -2.14. The fourth-order valence-electron chi connectivity index (χ4n) is 2.26. The van der Waals surface area contributed by atoms with Gasteiger partial charge in [-0.05, 0) is 44.2 Å². The predicted octanol–water partition coefficient (Wildman–Crippen LogP) is 3.77. The van der Waals surface area contributed by atoms with Crippen molar-refractivity contribution < 1.29 is 4.79 Å². The number of carbonyl (C=O) groups is 1. The number of aryl methyl sites for hydroxylation is 2. The number of nitrogens with zero attached hydrogens (tertiary/aromatic N) is 4. The summed E-state index contributed by atoms with van der Waals surface area (Å²) in [5.74, 6) is 0.874. The summed E-state index contributed by atoms with van der Waals surface area (Å²) in [4.78, 5) is 20.6. The Morgan fingerprint density at radius 2 is 1.96 bits per heavy atom. The molecule has 0 saturated carbocycles. The molecule has 1 N–H and O–H groups in total. The number of anilines is 1. The van der Waals surface area contributed by atoms with Gasteiger partial charge in [-0.15, -0.1) is 0 Å². The van der Waals surface area contributed by atoms with Crippen LogP contribution in [0.4, 0.5) is 5.69 Å².